The van der Waals surface area contributed by atoms with Crippen LogP contribution in [0.15, 0.2) is 54.6 Å². The van der Waals surface area contributed by atoms with Crippen LogP contribution in [0.4, 0.5) is 16.2 Å². The highest BCUT2D eigenvalue weighted by atomic mass is 16.2. The van der Waals surface area contributed by atoms with Crippen LogP contribution in [0.1, 0.15) is 12.0 Å². The number of rotatable bonds is 4. The van der Waals surface area contributed by atoms with Gasteiger partial charge in [0.25, 0.3) is 0 Å². The fraction of sp³-hybridized carbons (Fsp3) is 0.263. The van der Waals surface area contributed by atoms with Crippen molar-refractivity contribution in [2.24, 2.45) is 5.92 Å². The normalized spacial score (nSPS) is 17.0. The Kier molecular flexibility index (Phi) is 4.79. The molecular formula is C19H21N3O2. The van der Waals surface area contributed by atoms with E-state index in [1.807, 2.05) is 61.5 Å². The molecule has 1 fully saturated rings. The second-order valence-electron chi connectivity index (χ2n) is 6.11. The van der Waals surface area contributed by atoms with Gasteiger partial charge in [-0.15, -0.1) is 0 Å². The van der Waals surface area contributed by atoms with Crippen LogP contribution < -0.4 is 15.5 Å². The van der Waals surface area contributed by atoms with Crippen molar-refractivity contribution in [1.82, 2.24) is 5.32 Å². The van der Waals surface area contributed by atoms with Gasteiger partial charge in [-0.1, -0.05) is 35.9 Å². The number of nitrogens with zero attached hydrogens (tertiary/aromatic N) is 1. The van der Waals surface area contributed by atoms with Gasteiger partial charge in [-0.3, -0.25) is 4.79 Å². The van der Waals surface area contributed by atoms with Gasteiger partial charge in [0.05, 0.1) is 0 Å². The zero-order valence-electron chi connectivity index (χ0n) is 13.7. The van der Waals surface area contributed by atoms with Crippen molar-refractivity contribution in [2.45, 2.75) is 13.3 Å². The summed E-state index contributed by atoms with van der Waals surface area (Å²) in [7, 11) is 0. The molecule has 5 heteroatoms. The third kappa shape index (κ3) is 3.93. The third-order valence-electron chi connectivity index (χ3n) is 4.13. The highest BCUT2D eigenvalue weighted by molar-refractivity contribution is 5.96. The summed E-state index contributed by atoms with van der Waals surface area (Å²) in [5.74, 6) is 0.231. The van der Waals surface area contributed by atoms with Crippen LogP contribution in [0.25, 0.3) is 0 Å². The van der Waals surface area contributed by atoms with Crippen LogP contribution in [0.2, 0.25) is 0 Å². The first kappa shape index (κ1) is 16.1. The van der Waals surface area contributed by atoms with E-state index < -0.39 is 0 Å². The van der Waals surface area contributed by atoms with Crippen molar-refractivity contribution in [3.05, 3.63) is 60.2 Å². The van der Waals surface area contributed by atoms with Crippen molar-refractivity contribution in [3.8, 4) is 0 Å². The monoisotopic (exact) mass is 323 g/mol. The number of hydrogen-bond donors (Lipinski definition) is 2. The van der Waals surface area contributed by atoms with E-state index >= 15 is 0 Å². The molecule has 0 spiro atoms. The largest absolute Gasteiger partial charge is 0.338 e. The van der Waals surface area contributed by atoms with Crippen molar-refractivity contribution in [2.75, 3.05) is 23.3 Å². The van der Waals surface area contributed by atoms with Crippen LogP contribution in [-0.4, -0.2) is 25.0 Å². The number of aryl methyl sites for hydroxylation is 1. The number of carbonyl (C=O) groups is 2. The highest BCUT2D eigenvalue weighted by Crippen LogP contribution is 2.24. The number of amides is 3. The Morgan fingerprint density at radius 1 is 1.12 bits per heavy atom. The molecule has 2 N–H and O–H groups in total. The predicted molar refractivity (Wildman–Crippen MR) is 95.1 cm³/mol. The molecule has 124 valence electrons. The van der Waals surface area contributed by atoms with Crippen LogP contribution in [0.5, 0.6) is 0 Å². The van der Waals surface area contributed by atoms with Gasteiger partial charge in [-0.25, -0.2) is 4.79 Å². The molecule has 3 rings (SSSR count). The smallest absolute Gasteiger partial charge is 0.319 e. The summed E-state index contributed by atoms with van der Waals surface area (Å²) in [6, 6.07) is 17.0. The van der Waals surface area contributed by atoms with Gasteiger partial charge < -0.3 is 15.5 Å². The van der Waals surface area contributed by atoms with E-state index in [-0.39, 0.29) is 17.9 Å². The van der Waals surface area contributed by atoms with Crippen LogP contribution in [0.3, 0.4) is 0 Å². The Labute approximate surface area is 141 Å². The molecule has 1 atom stereocenters. The number of benzene rings is 2. The maximum absolute atomic E-state index is 12.2. The molecular weight excluding hydrogens is 302 g/mol. The quantitative estimate of drug-likeness (QED) is 0.908. The molecule has 1 aliphatic heterocycles. The summed E-state index contributed by atoms with van der Waals surface area (Å²) in [6.07, 6.45) is 0.458. The molecule has 0 radical (unpaired) electrons. The lowest BCUT2D eigenvalue weighted by Crippen LogP contribution is -2.34. The molecule has 0 aromatic heterocycles. The Hall–Kier alpha value is -2.82. The Morgan fingerprint density at radius 3 is 2.54 bits per heavy atom. The standard InChI is InChI=1S/C19H21N3O2/c1-14-7-9-17(10-8-14)22-13-15(11-18(22)23)12-20-19(24)21-16-5-3-2-4-6-16/h2-10,15H,11-13H2,1H3,(H2,20,21,24)/t15-/m1/s1. The van der Waals surface area contributed by atoms with Crippen molar-refractivity contribution < 1.29 is 9.59 Å². The van der Waals surface area contributed by atoms with E-state index in [0.29, 0.717) is 19.5 Å². The minimum absolute atomic E-state index is 0.106. The van der Waals surface area contributed by atoms with Gasteiger partial charge in [0.2, 0.25) is 5.91 Å². The lowest BCUT2D eigenvalue weighted by molar-refractivity contribution is -0.117. The number of nitrogens with one attached hydrogen (secondary N) is 2. The van der Waals surface area contributed by atoms with E-state index in [9.17, 15) is 9.59 Å². The van der Waals surface area contributed by atoms with Crippen molar-refractivity contribution in [3.63, 3.8) is 0 Å². The maximum atomic E-state index is 12.2. The van der Waals surface area contributed by atoms with Gasteiger partial charge in [0.15, 0.2) is 0 Å². The average Bonchev–Trinajstić information content (AvgIpc) is 2.95. The number of urea groups is 1. The van der Waals surface area contributed by atoms with E-state index in [2.05, 4.69) is 10.6 Å². The van der Waals surface area contributed by atoms with Crippen LogP contribution in [-0.2, 0) is 4.79 Å². The highest BCUT2D eigenvalue weighted by Gasteiger charge is 2.30. The molecule has 1 saturated heterocycles. The average molecular weight is 323 g/mol. The topological polar surface area (TPSA) is 61.4 Å². The second-order valence-corrected chi connectivity index (χ2v) is 6.11. The molecule has 1 aliphatic rings. The second kappa shape index (κ2) is 7.17. The first-order valence-electron chi connectivity index (χ1n) is 8.09. The molecule has 5 nitrogen and oxygen atoms in total. The lowest BCUT2D eigenvalue weighted by Gasteiger charge is -2.17. The fourth-order valence-electron chi connectivity index (χ4n) is 2.83. The van der Waals surface area contributed by atoms with Gasteiger partial charge in [-0.2, -0.15) is 0 Å². The number of carbonyl (C=O) groups excluding carboxylic acids is 2. The number of hydrogen-bond acceptors (Lipinski definition) is 2. The van der Waals surface area contributed by atoms with E-state index in [0.717, 1.165) is 11.4 Å². The molecule has 2 aromatic rings. The van der Waals surface area contributed by atoms with Crippen molar-refractivity contribution in [1.29, 1.82) is 0 Å². The Balaban J connectivity index is 1.51. The first-order valence-corrected chi connectivity index (χ1v) is 8.09. The molecule has 3 amide bonds. The predicted octanol–water partition coefficient (Wildman–Crippen LogP) is 3.17. The molecule has 0 bridgehead atoms. The van der Waals surface area contributed by atoms with Crippen molar-refractivity contribution >= 4 is 23.3 Å². The van der Waals surface area contributed by atoms with Gasteiger partial charge in [-0.05, 0) is 31.2 Å². The molecule has 0 aliphatic carbocycles. The van der Waals surface area contributed by atoms with Crippen LogP contribution in [0, 0.1) is 12.8 Å². The summed E-state index contributed by atoms with van der Waals surface area (Å²) in [6.45, 7) is 3.13. The minimum Gasteiger partial charge on any atom is -0.338 e. The number of anilines is 2. The zero-order chi connectivity index (χ0) is 16.9. The molecule has 0 unspecified atom stereocenters. The summed E-state index contributed by atoms with van der Waals surface area (Å²) < 4.78 is 0. The van der Waals surface area contributed by atoms with Gasteiger partial charge in [0.1, 0.15) is 0 Å². The minimum atomic E-state index is -0.248. The fourth-order valence-corrected chi connectivity index (χ4v) is 2.83. The molecule has 2 aromatic carbocycles. The van der Waals surface area contributed by atoms with E-state index in [1.165, 1.54) is 5.56 Å². The molecule has 0 saturated carbocycles. The molecule has 24 heavy (non-hydrogen) atoms. The Bertz CT molecular complexity index is 713. The summed E-state index contributed by atoms with van der Waals surface area (Å²) in [5.41, 5.74) is 2.84. The van der Waals surface area contributed by atoms with Crippen LogP contribution >= 0.6 is 0 Å². The summed E-state index contributed by atoms with van der Waals surface area (Å²) in [5, 5.41) is 5.62. The third-order valence-corrected chi connectivity index (χ3v) is 4.13. The first-order chi connectivity index (χ1) is 11.6. The Morgan fingerprint density at radius 2 is 1.83 bits per heavy atom. The van der Waals surface area contributed by atoms with Gasteiger partial charge in [0, 0.05) is 36.8 Å². The SMILES string of the molecule is Cc1ccc(N2C[C@@H](CNC(=O)Nc3ccccc3)CC2=O)cc1. The van der Waals surface area contributed by atoms with E-state index in [4.69, 9.17) is 0 Å². The maximum Gasteiger partial charge on any atom is 0.319 e. The summed E-state index contributed by atoms with van der Waals surface area (Å²) >= 11 is 0. The van der Waals surface area contributed by atoms with Gasteiger partial charge >= 0.3 is 6.03 Å². The molecule has 1 heterocycles. The number of para-hydroxylation sites is 1. The lowest BCUT2D eigenvalue weighted by atomic mass is 10.1. The summed E-state index contributed by atoms with van der Waals surface area (Å²) in [4.78, 5) is 25.9. The zero-order valence-corrected chi connectivity index (χ0v) is 13.7. The van der Waals surface area contributed by atoms with E-state index in [1.54, 1.807) is 4.90 Å².